The van der Waals surface area contributed by atoms with Gasteiger partial charge in [-0.1, -0.05) is 73.9 Å². The Morgan fingerprint density at radius 1 is 0.957 bits per heavy atom. The highest BCUT2D eigenvalue weighted by Gasteiger charge is 2.12. The van der Waals surface area contributed by atoms with Crippen LogP contribution in [0.3, 0.4) is 0 Å². The lowest BCUT2D eigenvalue weighted by Gasteiger charge is -2.10. The molecular formula is C22H21N. The molecule has 2 aromatic carbocycles. The number of aromatic nitrogens is 1. The lowest BCUT2D eigenvalue weighted by Crippen LogP contribution is -2.02. The molecule has 3 aromatic rings. The van der Waals surface area contributed by atoms with Crippen molar-refractivity contribution in [3.63, 3.8) is 0 Å². The first kappa shape index (κ1) is 15.1. The molecule has 0 aliphatic rings. The maximum absolute atomic E-state index is 4.01. The molecule has 1 heteroatoms. The van der Waals surface area contributed by atoms with Gasteiger partial charge in [-0.15, -0.1) is 0 Å². The standard InChI is InChI=1S/C22H21N/c1-4-9-21-19(6-3)20-10-7-8-11-22(20)23(21)16-18-14-12-17(5-2)13-15-18/h4-15H,2-3,16H2,1H3. The molecule has 1 heterocycles. The average molecular weight is 299 g/mol. The van der Waals surface area contributed by atoms with E-state index in [1.807, 2.05) is 19.1 Å². The molecule has 0 radical (unpaired) electrons. The molecule has 3 rings (SSSR count). The van der Waals surface area contributed by atoms with Gasteiger partial charge in [0.25, 0.3) is 0 Å². The molecule has 1 aromatic heterocycles. The van der Waals surface area contributed by atoms with Crippen LogP contribution in [0, 0.1) is 0 Å². The zero-order valence-corrected chi connectivity index (χ0v) is 13.5. The number of nitrogens with zero attached hydrogens (tertiary/aromatic N) is 1. The monoisotopic (exact) mass is 299 g/mol. The predicted octanol–water partition coefficient (Wildman–Crippen LogP) is 6.01. The van der Waals surface area contributed by atoms with Crippen LogP contribution in [-0.4, -0.2) is 4.57 Å². The Kier molecular flexibility index (Phi) is 4.29. The SMILES string of the molecule is C=Cc1ccc(Cn2c(C=CC)c(C=C)c3ccccc32)cc1. The van der Waals surface area contributed by atoms with Crippen LogP contribution in [0.25, 0.3) is 29.1 Å². The van der Waals surface area contributed by atoms with Gasteiger partial charge in [-0.3, -0.25) is 0 Å². The third kappa shape index (κ3) is 2.78. The van der Waals surface area contributed by atoms with Gasteiger partial charge in [0.15, 0.2) is 0 Å². The van der Waals surface area contributed by atoms with E-state index in [0.29, 0.717) is 0 Å². The molecule has 0 bridgehead atoms. The lowest BCUT2D eigenvalue weighted by molar-refractivity contribution is 0.826. The second-order valence-corrected chi connectivity index (χ2v) is 5.55. The minimum atomic E-state index is 0.839. The maximum Gasteiger partial charge on any atom is 0.0494 e. The largest absolute Gasteiger partial charge is 0.336 e. The summed E-state index contributed by atoms with van der Waals surface area (Å²) in [7, 11) is 0. The van der Waals surface area contributed by atoms with Crippen LogP contribution >= 0.6 is 0 Å². The van der Waals surface area contributed by atoms with Gasteiger partial charge >= 0.3 is 0 Å². The van der Waals surface area contributed by atoms with Crippen LogP contribution in [0.15, 0.2) is 67.8 Å². The van der Waals surface area contributed by atoms with E-state index in [1.54, 1.807) is 0 Å². The summed E-state index contributed by atoms with van der Waals surface area (Å²) in [5.41, 5.74) is 6.06. The number of hydrogen-bond donors (Lipinski definition) is 0. The number of fused-ring (bicyclic) bond motifs is 1. The fraction of sp³-hybridized carbons (Fsp3) is 0.0909. The van der Waals surface area contributed by atoms with Gasteiger partial charge in [0, 0.05) is 28.7 Å². The molecule has 23 heavy (non-hydrogen) atoms. The Labute approximate surface area is 137 Å². The van der Waals surface area contributed by atoms with Gasteiger partial charge in [0.2, 0.25) is 0 Å². The van der Waals surface area contributed by atoms with Gasteiger partial charge in [0.1, 0.15) is 0 Å². The van der Waals surface area contributed by atoms with E-state index in [2.05, 4.69) is 78.4 Å². The number of para-hydroxylation sites is 1. The van der Waals surface area contributed by atoms with Crippen LogP contribution in [0.1, 0.15) is 29.3 Å². The van der Waals surface area contributed by atoms with Crippen molar-refractivity contribution in [2.24, 2.45) is 0 Å². The highest BCUT2D eigenvalue weighted by atomic mass is 15.0. The summed E-state index contributed by atoms with van der Waals surface area (Å²) in [6, 6.07) is 17.1. The summed E-state index contributed by atoms with van der Waals surface area (Å²) < 4.78 is 2.36. The van der Waals surface area contributed by atoms with E-state index in [9.17, 15) is 0 Å². The molecule has 0 spiro atoms. The van der Waals surface area contributed by atoms with Gasteiger partial charge in [-0.25, -0.2) is 0 Å². The van der Waals surface area contributed by atoms with Crippen LogP contribution in [0.5, 0.6) is 0 Å². The van der Waals surface area contributed by atoms with Crippen LogP contribution in [-0.2, 0) is 6.54 Å². The molecule has 0 atom stereocenters. The third-order valence-electron chi connectivity index (χ3n) is 4.14. The maximum atomic E-state index is 4.01. The van der Waals surface area contributed by atoms with Crippen molar-refractivity contribution >= 4 is 29.1 Å². The number of hydrogen-bond acceptors (Lipinski definition) is 0. The van der Waals surface area contributed by atoms with E-state index < -0.39 is 0 Å². The third-order valence-corrected chi connectivity index (χ3v) is 4.14. The molecule has 0 unspecified atom stereocenters. The van der Waals surface area contributed by atoms with E-state index in [-0.39, 0.29) is 0 Å². The van der Waals surface area contributed by atoms with Crippen LogP contribution in [0.2, 0.25) is 0 Å². The molecule has 0 aliphatic carbocycles. The Bertz CT molecular complexity index is 876. The number of allylic oxidation sites excluding steroid dienone is 1. The Hall–Kier alpha value is -2.80. The van der Waals surface area contributed by atoms with E-state index in [1.165, 1.54) is 27.7 Å². The summed E-state index contributed by atoms with van der Waals surface area (Å²) >= 11 is 0. The second-order valence-electron chi connectivity index (χ2n) is 5.55. The predicted molar refractivity (Wildman–Crippen MR) is 102 cm³/mol. The lowest BCUT2D eigenvalue weighted by atomic mass is 10.1. The second kappa shape index (κ2) is 6.53. The summed E-state index contributed by atoms with van der Waals surface area (Å²) in [5.74, 6) is 0. The Morgan fingerprint density at radius 2 is 1.70 bits per heavy atom. The first-order valence-corrected chi connectivity index (χ1v) is 7.86. The fourth-order valence-electron chi connectivity index (χ4n) is 3.01. The first-order chi connectivity index (χ1) is 11.3. The van der Waals surface area contributed by atoms with E-state index >= 15 is 0 Å². The average Bonchev–Trinajstić information content (AvgIpc) is 2.89. The number of benzene rings is 2. The zero-order valence-electron chi connectivity index (χ0n) is 13.5. The minimum absolute atomic E-state index is 0.839. The van der Waals surface area contributed by atoms with Crippen molar-refractivity contribution in [1.82, 2.24) is 4.57 Å². The Balaban J connectivity index is 2.16. The molecular weight excluding hydrogens is 278 g/mol. The molecule has 114 valence electrons. The zero-order chi connectivity index (χ0) is 16.2. The summed E-state index contributed by atoms with van der Waals surface area (Å²) in [6.07, 6.45) is 8.07. The highest BCUT2D eigenvalue weighted by Crippen LogP contribution is 2.29. The molecule has 0 saturated heterocycles. The van der Waals surface area contributed by atoms with Gasteiger partial charge < -0.3 is 4.57 Å². The van der Waals surface area contributed by atoms with Crippen LogP contribution < -0.4 is 0 Å². The smallest absolute Gasteiger partial charge is 0.0494 e. The van der Waals surface area contributed by atoms with Crippen molar-refractivity contribution in [3.8, 4) is 0 Å². The van der Waals surface area contributed by atoms with E-state index in [4.69, 9.17) is 0 Å². The topological polar surface area (TPSA) is 4.93 Å². The van der Waals surface area contributed by atoms with Crippen molar-refractivity contribution in [1.29, 1.82) is 0 Å². The summed E-state index contributed by atoms with van der Waals surface area (Å²) in [4.78, 5) is 0. The normalized spacial score (nSPS) is 11.2. The van der Waals surface area contributed by atoms with Gasteiger partial charge in [0.05, 0.1) is 0 Å². The quantitative estimate of drug-likeness (QED) is 0.544. The molecule has 0 saturated carbocycles. The van der Waals surface area contributed by atoms with Crippen molar-refractivity contribution < 1.29 is 0 Å². The van der Waals surface area contributed by atoms with Gasteiger partial charge in [-0.05, 0) is 30.2 Å². The van der Waals surface area contributed by atoms with Crippen molar-refractivity contribution in [3.05, 3.63) is 90.1 Å². The molecule has 0 N–H and O–H groups in total. The summed E-state index contributed by atoms with van der Waals surface area (Å²) in [6.45, 7) is 10.7. The molecule has 0 aliphatic heterocycles. The Morgan fingerprint density at radius 3 is 2.35 bits per heavy atom. The minimum Gasteiger partial charge on any atom is -0.336 e. The van der Waals surface area contributed by atoms with E-state index in [0.717, 1.165) is 12.1 Å². The summed E-state index contributed by atoms with van der Waals surface area (Å²) in [5, 5.41) is 1.25. The van der Waals surface area contributed by atoms with Crippen molar-refractivity contribution in [2.45, 2.75) is 13.5 Å². The molecule has 1 nitrogen and oxygen atoms in total. The highest BCUT2D eigenvalue weighted by molar-refractivity contribution is 5.93. The first-order valence-electron chi connectivity index (χ1n) is 7.86. The molecule has 0 fully saturated rings. The number of rotatable bonds is 5. The van der Waals surface area contributed by atoms with Crippen LogP contribution in [0.4, 0.5) is 0 Å². The molecule has 0 amide bonds. The van der Waals surface area contributed by atoms with Crippen molar-refractivity contribution in [2.75, 3.05) is 0 Å². The van der Waals surface area contributed by atoms with Gasteiger partial charge in [-0.2, -0.15) is 0 Å². The fourth-order valence-corrected chi connectivity index (χ4v) is 3.01.